The topological polar surface area (TPSA) is 60.7 Å². The van der Waals surface area contributed by atoms with E-state index in [0.29, 0.717) is 0 Å². The van der Waals surface area contributed by atoms with Crippen LogP contribution in [0.2, 0.25) is 0 Å². The Morgan fingerprint density at radius 1 is 1.50 bits per heavy atom. The molecule has 0 aliphatic heterocycles. The minimum atomic E-state index is -0.724. The number of aromatic hydroxyl groups is 2. The van der Waals surface area contributed by atoms with Crippen LogP contribution >= 0.6 is 15.9 Å². The highest BCUT2D eigenvalue weighted by atomic mass is 79.9. The summed E-state index contributed by atoms with van der Waals surface area (Å²) in [5.41, 5.74) is 0.164. The van der Waals surface area contributed by atoms with Crippen LogP contribution in [0.1, 0.15) is 12.5 Å². The van der Waals surface area contributed by atoms with E-state index in [-0.39, 0.29) is 16.5 Å². The number of halogens is 2. The Bertz CT molecular complexity index is 326. The molecule has 1 unspecified atom stereocenters. The molecule has 3 nitrogen and oxygen atoms in total. The second-order valence-electron chi connectivity index (χ2n) is 3.07. The van der Waals surface area contributed by atoms with Crippen LogP contribution in [-0.4, -0.2) is 21.4 Å². The van der Waals surface area contributed by atoms with E-state index in [2.05, 4.69) is 15.9 Å². The van der Waals surface area contributed by atoms with Crippen molar-refractivity contribution in [3.05, 3.63) is 21.9 Å². The zero-order valence-electron chi connectivity index (χ0n) is 7.46. The standard InChI is InChI=1S/C9H10BrFO3/c1-4(12)2-5-8(10)6(11)3-7(13)9(5)14/h3-4,12-14H,2H2,1H3. The highest BCUT2D eigenvalue weighted by molar-refractivity contribution is 9.10. The van der Waals surface area contributed by atoms with Gasteiger partial charge in [-0.2, -0.15) is 0 Å². The van der Waals surface area contributed by atoms with Gasteiger partial charge in [0.25, 0.3) is 0 Å². The summed E-state index contributed by atoms with van der Waals surface area (Å²) in [6.45, 7) is 1.51. The normalized spacial score (nSPS) is 12.9. The molecule has 0 saturated heterocycles. The summed E-state index contributed by atoms with van der Waals surface area (Å²) in [5, 5.41) is 27.6. The third-order valence-electron chi connectivity index (χ3n) is 1.77. The van der Waals surface area contributed by atoms with Crippen molar-refractivity contribution in [2.75, 3.05) is 0 Å². The molecule has 0 bridgehead atoms. The van der Waals surface area contributed by atoms with E-state index in [4.69, 9.17) is 10.2 Å². The van der Waals surface area contributed by atoms with Gasteiger partial charge in [0.2, 0.25) is 0 Å². The summed E-state index contributed by atoms with van der Waals surface area (Å²) in [7, 11) is 0. The van der Waals surface area contributed by atoms with Crippen molar-refractivity contribution in [1.29, 1.82) is 0 Å². The predicted octanol–water partition coefficient (Wildman–Crippen LogP) is 1.92. The van der Waals surface area contributed by atoms with Crippen molar-refractivity contribution in [1.82, 2.24) is 0 Å². The highest BCUT2D eigenvalue weighted by Gasteiger charge is 2.16. The molecule has 0 aliphatic carbocycles. The lowest BCUT2D eigenvalue weighted by Crippen LogP contribution is -2.05. The van der Waals surface area contributed by atoms with E-state index >= 15 is 0 Å². The van der Waals surface area contributed by atoms with Gasteiger partial charge in [-0.05, 0) is 22.9 Å². The second-order valence-corrected chi connectivity index (χ2v) is 3.86. The Morgan fingerprint density at radius 3 is 2.57 bits per heavy atom. The van der Waals surface area contributed by atoms with Crippen molar-refractivity contribution < 1.29 is 19.7 Å². The molecule has 14 heavy (non-hydrogen) atoms. The molecule has 5 heteroatoms. The van der Waals surface area contributed by atoms with Crippen molar-refractivity contribution in [2.45, 2.75) is 19.4 Å². The van der Waals surface area contributed by atoms with Crippen molar-refractivity contribution in [3.63, 3.8) is 0 Å². The van der Waals surface area contributed by atoms with Crippen LogP contribution < -0.4 is 0 Å². The summed E-state index contributed by atoms with van der Waals surface area (Å²) >= 11 is 2.94. The minimum Gasteiger partial charge on any atom is -0.504 e. The zero-order valence-corrected chi connectivity index (χ0v) is 9.05. The van der Waals surface area contributed by atoms with Gasteiger partial charge in [0.1, 0.15) is 5.82 Å². The number of hydrogen-bond donors (Lipinski definition) is 3. The Morgan fingerprint density at radius 2 is 2.07 bits per heavy atom. The minimum absolute atomic E-state index is 0.0636. The average molecular weight is 265 g/mol. The van der Waals surface area contributed by atoms with Gasteiger partial charge in [-0.25, -0.2) is 4.39 Å². The van der Waals surface area contributed by atoms with Gasteiger partial charge in [0.15, 0.2) is 11.5 Å². The number of phenolic OH excluding ortho intramolecular Hbond substituents is 2. The lowest BCUT2D eigenvalue weighted by atomic mass is 10.1. The number of benzene rings is 1. The molecule has 0 spiro atoms. The highest BCUT2D eigenvalue weighted by Crippen LogP contribution is 2.37. The fourth-order valence-electron chi connectivity index (χ4n) is 1.14. The lowest BCUT2D eigenvalue weighted by molar-refractivity contribution is 0.193. The summed E-state index contributed by atoms with van der Waals surface area (Å²) in [5.74, 6) is -1.60. The lowest BCUT2D eigenvalue weighted by Gasteiger charge is -2.11. The first-order valence-corrected chi connectivity index (χ1v) is 4.79. The van der Waals surface area contributed by atoms with Crippen LogP contribution in [0.3, 0.4) is 0 Å². The Hall–Kier alpha value is -0.810. The molecular weight excluding hydrogens is 255 g/mol. The van der Waals surface area contributed by atoms with Gasteiger partial charge >= 0.3 is 0 Å². The van der Waals surface area contributed by atoms with E-state index in [1.807, 2.05) is 0 Å². The van der Waals surface area contributed by atoms with E-state index in [0.717, 1.165) is 6.07 Å². The van der Waals surface area contributed by atoms with E-state index < -0.39 is 23.4 Å². The molecule has 0 fully saturated rings. The van der Waals surface area contributed by atoms with Gasteiger partial charge in [0, 0.05) is 18.1 Å². The Kier molecular flexibility index (Phi) is 3.34. The quantitative estimate of drug-likeness (QED) is 0.716. The Labute approximate surface area is 88.9 Å². The van der Waals surface area contributed by atoms with Crippen LogP contribution in [0.15, 0.2) is 10.5 Å². The van der Waals surface area contributed by atoms with Crippen LogP contribution in [0.5, 0.6) is 11.5 Å². The largest absolute Gasteiger partial charge is 0.504 e. The first-order valence-electron chi connectivity index (χ1n) is 4.00. The molecule has 1 atom stereocenters. The van der Waals surface area contributed by atoms with Crippen LogP contribution in [0.4, 0.5) is 4.39 Å². The van der Waals surface area contributed by atoms with E-state index in [9.17, 15) is 9.50 Å². The van der Waals surface area contributed by atoms with Gasteiger partial charge in [-0.3, -0.25) is 0 Å². The van der Waals surface area contributed by atoms with Crippen LogP contribution in [-0.2, 0) is 6.42 Å². The maximum Gasteiger partial charge on any atom is 0.162 e. The number of hydrogen-bond acceptors (Lipinski definition) is 3. The molecule has 1 aromatic rings. The molecule has 0 radical (unpaired) electrons. The molecule has 0 saturated carbocycles. The molecule has 3 N–H and O–H groups in total. The fourth-order valence-corrected chi connectivity index (χ4v) is 1.60. The molecule has 0 aliphatic rings. The first kappa shape index (κ1) is 11.3. The smallest absolute Gasteiger partial charge is 0.162 e. The second kappa shape index (κ2) is 4.14. The van der Waals surface area contributed by atoms with Gasteiger partial charge in [-0.1, -0.05) is 0 Å². The average Bonchev–Trinajstić information content (AvgIpc) is 2.09. The van der Waals surface area contributed by atoms with Crippen molar-refractivity contribution in [3.8, 4) is 11.5 Å². The van der Waals surface area contributed by atoms with Crippen molar-refractivity contribution >= 4 is 15.9 Å². The molecular formula is C9H10BrFO3. The summed E-state index contributed by atoms with van der Waals surface area (Å²) in [4.78, 5) is 0. The molecule has 0 amide bonds. The summed E-state index contributed by atoms with van der Waals surface area (Å²) in [6, 6.07) is 0.810. The molecule has 1 aromatic carbocycles. The van der Waals surface area contributed by atoms with Gasteiger partial charge in [0.05, 0.1) is 10.6 Å². The Balaban J connectivity index is 3.25. The molecule has 78 valence electrons. The summed E-state index contributed by atoms with van der Waals surface area (Å²) in [6.07, 6.45) is -0.657. The maximum atomic E-state index is 13.1. The number of rotatable bonds is 2. The van der Waals surface area contributed by atoms with E-state index in [1.54, 1.807) is 0 Å². The monoisotopic (exact) mass is 264 g/mol. The van der Waals surface area contributed by atoms with Crippen molar-refractivity contribution in [2.24, 2.45) is 0 Å². The third kappa shape index (κ3) is 2.16. The number of aliphatic hydroxyl groups is 1. The molecule has 0 heterocycles. The third-order valence-corrected chi connectivity index (χ3v) is 2.62. The summed E-state index contributed by atoms with van der Waals surface area (Å²) < 4.78 is 13.1. The van der Waals surface area contributed by atoms with Crippen LogP contribution in [0, 0.1) is 5.82 Å². The number of aliphatic hydroxyl groups excluding tert-OH is 1. The molecule has 1 rings (SSSR count). The zero-order chi connectivity index (χ0) is 10.9. The van der Waals surface area contributed by atoms with Gasteiger partial charge in [-0.15, -0.1) is 0 Å². The predicted molar refractivity (Wildman–Crippen MR) is 52.8 cm³/mol. The molecule has 0 aromatic heterocycles. The number of phenols is 2. The SMILES string of the molecule is CC(O)Cc1c(O)c(O)cc(F)c1Br. The van der Waals surface area contributed by atoms with Crippen LogP contribution in [0.25, 0.3) is 0 Å². The first-order chi connectivity index (χ1) is 6.43. The maximum absolute atomic E-state index is 13.1. The van der Waals surface area contributed by atoms with E-state index in [1.165, 1.54) is 6.92 Å². The van der Waals surface area contributed by atoms with Gasteiger partial charge < -0.3 is 15.3 Å². The fraction of sp³-hybridized carbons (Fsp3) is 0.333.